The highest BCUT2D eigenvalue weighted by Gasteiger charge is 2.26. The summed E-state index contributed by atoms with van der Waals surface area (Å²) in [4.78, 5) is 18.9. The van der Waals surface area contributed by atoms with Crippen molar-refractivity contribution in [2.45, 2.75) is 52.9 Å². The Balaban J connectivity index is 0.00000480. The van der Waals surface area contributed by atoms with Crippen LogP contribution in [0, 0.1) is 5.92 Å². The molecule has 31 heavy (non-hydrogen) atoms. The number of ether oxygens (including phenoxy) is 2. The Labute approximate surface area is 204 Å². The third kappa shape index (κ3) is 10.2. The second-order valence-corrected chi connectivity index (χ2v) is 8.31. The molecule has 1 heterocycles. The van der Waals surface area contributed by atoms with Gasteiger partial charge in [0.15, 0.2) is 5.96 Å². The van der Waals surface area contributed by atoms with Gasteiger partial charge in [-0.15, -0.1) is 24.0 Å². The first-order chi connectivity index (χ1) is 14.4. The van der Waals surface area contributed by atoms with Gasteiger partial charge in [0.05, 0.1) is 18.8 Å². The number of nitrogens with zero attached hydrogens (tertiary/aromatic N) is 2. The van der Waals surface area contributed by atoms with E-state index in [0.717, 1.165) is 24.6 Å². The zero-order chi connectivity index (χ0) is 21.9. The normalized spacial score (nSPS) is 19.2. The van der Waals surface area contributed by atoms with E-state index >= 15 is 0 Å². The molecule has 8 heteroatoms. The van der Waals surface area contributed by atoms with E-state index in [0.29, 0.717) is 44.3 Å². The van der Waals surface area contributed by atoms with Crippen LogP contribution in [0.25, 0.3) is 0 Å². The lowest BCUT2D eigenvalue weighted by Crippen LogP contribution is -2.48. The van der Waals surface area contributed by atoms with Gasteiger partial charge < -0.3 is 25.0 Å². The van der Waals surface area contributed by atoms with Crippen LogP contribution in [0.2, 0.25) is 0 Å². The smallest absolute Gasteiger partial charge is 0.254 e. The largest absolute Gasteiger partial charge is 0.380 e. The molecule has 0 aromatic heterocycles. The fourth-order valence-corrected chi connectivity index (χ4v) is 3.36. The molecule has 176 valence electrons. The average Bonchev–Trinajstić information content (AvgIpc) is 2.71. The highest BCUT2D eigenvalue weighted by atomic mass is 127. The molecule has 1 aliphatic heterocycles. The van der Waals surface area contributed by atoms with Crippen LogP contribution in [0.15, 0.2) is 29.3 Å². The number of guanidine groups is 1. The van der Waals surface area contributed by atoms with Crippen LogP contribution >= 0.6 is 24.0 Å². The van der Waals surface area contributed by atoms with Gasteiger partial charge >= 0.3 is 0 Å². The highest BCUT2D eigenvalue weighted by Crippen LogP contribution is 2.15. The van der Waals surface area contributed by atoms with E-state index < -0.39 is 0 Å². The minimum atomic E-state index is 0. The van der Waals surface area contributed by atoms with Crippen molar-refractivity contribution in [3.05, 3.63) is 35.4 Å². The maximum absolute atomic E-state index is 12.8. The van der Waals surface area contributed by atoms with Crippen LogP contribution in [-0.2, 0) is 16.0 Å². The number of carbonyl (C=O) groups excluding carboxylic acids is 1. The van der Waals surface area contributed by atoms with Crippen molar-refractivity contribution < 1.29 is 14.3 Å². The summed E-state index contributed by atoms with van der Waals surface area (Å²) in [5, 5.41) is 6.54. The van der Waals surface area contributed by atoms with E-state index in [1.165, 1.54) is 0 Å². The molecule has 0 bridgehead atoms. The van der Waals surface area contributed by atoms with Crippen molar-refractivity contribution in [1.29, 1.82) is 0 Å². The van der Waals surface area contributed by atoms with Gasteiger partial charge in [0.1, 0.15) is 0 Å². The first-order valence-corrected chi connectivity index (χ1v) is 10.9. The number of morpholine rings is 1. The second kappa shape index (κ2) is 14.6. The molecule has 0 aliphatic carbocycles. The Morgan fingerprint density at radius 1 is 1.16 bits per heavy atom. The van der Waals surface area contributed by atoms with Gasteiger partial charge in [0, 0.05) is 45.4 Å². The van der Waals surface area contributed by atoms with E-state index in [2.05, 4.69) is 29.5 Å². The molecule has 1 saturated heterocycles. The molecule has 1 fully saturated rings. The number of benzene rings is 1. The summed E-state index contributed by atoms with van der Waals surface area (Å²) in [5.74, 6) is 1.46. The van der Waals surface area contributed by atoms with Gasteiger partial charge in [-0.2, -0.15) is 0 Å². The van der Waals surface area contributed by atoms with Gasteiger partial charge in [-0.25, -0.2) is 0 Å². The lowest BCUT2D eigenvalue weighted by atomic mass is 10.1. The zero-order valence-electron chi connectivity index (χ0n) is 19.5. The Kier molecular flexibility index (Phi) is 13.0. The second-order valence-electron chi connectivity index (χ2n) is 8.31. The molecule has 2 unspecified atom stereocenters. The minimum absolute atomic E-state index is 0. The summed E-state index contributed by atoms with van der Waals surface area (Å²) in [6.45, 7) is 12.5. The summed E-state index contributed by atoms with van der Waals surface area (Å²) in [5.41, 5.74) is 1.80. The Morgan fingerprint density at radius 3 is 2.39 bits per heavy atom. The van der Waals surface area contributed by atoms with E-state index in [-0.39, 0.29) is 42.1 Å². The van der Waals surface area contributed by atoms with E-state index in [1.54, 1.807) is 7.05 Å². The predicted octanol–water partition coefficient (Wildman–Crippen LogP) is 3.28. The minimum Gasteiger partial charge on any atom is -0.380 e. The van der Waals surface area contributed by atoms with E-state index in [4.69, 9.17) is 9.47 Å². The molecule has 0 saturated carbocycles. The number of aliphatic imine (C=N–C) groups is 1. The number of carbonyl (C=O) groups is 1. The zero-order valence-corrected chi connectivity index (χ0v) is 21.8. The maximum Gasteiger partial charge on any atom is 0.254 e. The third-order valence-electron chi connectivity index (χ3n) is 4.97. The molecule has 2 rings (SSSR count). The number of amides is 1. The summed E-state index contributed by atoms with van der Waals surface area (Å²) in [7, 11) is 1.75. The van der Waals surface area contributed by atoms with Gasteiger partial charge in [-0.3, -0.25) is 9.79 Å². The van der Waals surface area contributed by atoms with Crippen molar-refractivity contribution >= 4 is 35.8 Å². The molecule has 2 N–H and O–H groups in total. The summed E-state index contributed by atoms with van der Waals surface area (Å²) in [6.07, 6.45) is 1.22. The molecule has 2 atom stereocenters. The monoisotopic (exact) mass is 546 g/mol. The van der Waals surface area contributed by atoms with Gasteiger partial charge in [0.25, 0.3) is 5.91 Å². The van der Waals surface area contributed by atoms with Crippen molar-refractivity contribution in [2.75, 3.05) is 39.9 Å². The van der Waals surface area contributed by atoms with Crippen LogP contribution in [0.4, 0.5) is 0 Å². The first kappa shape index (κ1) is 27.6. The summed E-state index contributed by atoms with van der Waals surface area (Å²) in [6, 6.07) is 7.75. The lowest BCUT2D eigenvalue weighted by molar-refractivity contribution is -0.0586. The standard InChI is InChI=1S/C23H38N4O3.HI/c1-17(2)10-12-29-13-11-25-23(24-5)26-14-20-6-8-21(9-7-20)22(28)27-15-18(3)30-19(4)16-27;/h6-9,17-19H,10-16H2,1-5H3,(H2,24,25,26);1H. The highest BCUT2D eigenvalue weighted by molar-refractivity contribution is 14.0. The molecule has 1 aliphatic rings. The fourth-order valence-electron chi connectivity index (χ4n) is 3.36. The van der Waals surface area contributed by atoms with Crippen LogP contribution in [0.1, 0.15) is 50.0 Å². The van der Waals surface area contributed by atoms with Crippen LogP contribution in [-0.4, -0.2) is 68.9 Å². The van der Waals surface area contributed by atoms with Crippen LogP contribution in [0.3, 0.4) is 0 Å². The summed E-state index contributed by atoms with van der Waals surface area (Å²) < 4.78 is 11.3. The predicted molar refractivity (Wildman–Crippen MR) is 136 cm³/mol. The Hall–Kier alpha value is -1.39. The molecule has 0 radical (unpaired) electrons. The third-order valence-corrected chi connectivity index (χ3v) is 4.97. The van der Waals surface area contributed by atoms with Gasteiger partial charge in [0.2, 0.25) is 0 Å². The van der Waals surface area contributed by atoms with Crippen LogP contribution < -0.4 is 10.6 Å². The maximum atomic E-state index is 12.8. The molecule has 7 nitrogen and oxygen atoms in total. The average molecular weight is 546 g/mol. The Morgan fingerprint density at radius 2 is 1.81 bits per heavy atom. The molecule has 1 aromatic rings. The van der Waals surface area contributed by atoms with Gasteiger partial charge in [-0.1, -0.05) is 26.0 Å². The summed E-state index contributed by atoms with van der Waals surface area (Å²) >= 11 is 0. The van der Waals surface area contributed by atoms with Crippen molar-refractivity contribution in [1.82, 2.24) is 15.5 Å². The Bertz CT molecular complexity index is 672. The molecule has 0 spiro atoms. The molecular weight excluding hydrogens is 507 g/mol. The van der Waals surface area contributed by atoms with Crippen molar-refractivity contribution in [3.63, 3.8) is 0 Å². The quantitative estimate of drug-likeness (QED) is 0.215. The SMILES string of the molecule is CN=C(NCCOCCC(C)C)NCc1ccc(C(=O)N2CC(C)OC(C)C2)cc1.I. The number of hydrogen-bond acceptors (Lipinski definition) is 4. The number of hydrogen-bond donors (Lipinski definition) is 2. The fraction of sp³-hybridized carbons (Fsp3) is 0.652. The molecule has 1 aromatic carbocycles. The number of halogens is 1. The topological polar surface area (TPSA) is 75.2 Å². The van der Waals surface area contributed by atoms with E-state index in [1.807, 2.05) is 43.0 Å². The molecule has 1 amide bonds. The molecular formula is C23H39IN4O3. The number of rotatable bonds is 9. The lowest BCUT2D eigenvalue weighted by Gasteiger charge is -2.35. The van der Waals surface area contributed by atoms with Crippen molar-refractivity contribution in [3.8, 4) is 0 Å². The van der Waals surface area contributed by atoms with E-state index in [9.17, 15) is 4.79 Å². The first-order valence-electron chi connectivity index (χ1n) is 10.9. The van der Waals surface area contributed by atoms with Crippen LogP contribution in [0.5, 0.6) is 0 Å². The number of nitrogens with one attached hydrogen (secondary N) is 2. The van der Waals surface area contributed by atoms with Crippen molar-refractivity contribution in [2.24, 2.45) is 10.9 Å². The van der Waals surface area contributed by atoms with Gasteiger partial charge in [-0.05, 0) is 43.9 Å².